The van der Waals surface area contributed by atoms with Crippen LogP contribution in [0.2, 0.25) is 0 Å². The molecule has 33 heavy (non-hydrogen) atoms. The first kappa shape index (κ1) is 23.2. The maximum atomic E-state index is 12.9. The number of rotatable bonds is 6. The number of carbonyl (C=O) groups is 1. The number of amides is 1. The monoisotopic (exact) mass is 480 g/mol. The third kappa shape index (κ3) is 5.19. The number of benzene rings is 2. The van der Waals surface area contributed by atoms with E-state index in [4.69, 9.17) is 0 Å². The van der Waals surface area contributed by atoms with E-state index in [1.807, 2.05) is 24.3 Å². The van der Waals surface area contributed by atoms with Crippen LogP contribution in [0.3, 0.4) is 0 Å². The number of aromatic nitrogens is 2. The highest BCUT2D eigenvalue weighted by molar-refractivity contribution is 7.89. The lowest BCUT2D eigenvalue weighted by molar-refractivity contribution is -0.137. The average molecular weight is 481 g/mol. The Labute approximate surface area is 189 Å². The molecule has 1 aliphatic rings. The molecule has 11 heteroatoms. The van der Waals surface area contributed by atoms with Crippen molar-refractivity contribution in [1.82, 2.24) is 19.2 Å². The summed E-state index contributed by atoms with van der Waals surface area (Å²) in [4.78, 5) is 21.4. The minimum atomic E-state index is -4.63. The zero-order chi connectivity index (χ0) is 23.6. The highest BCUT2D eigenvalue weighted by atomic mass is 32.2. The molecule has 2 heterocycles. The van der Waals surface area contributed by atoms with Crippen molar-refractivity contribution >= 4 is 27.0 Å². The number of halogens is 3. The lowest BCUT2D eigenvalue weighted by Crippen LogP contribution is -2.50. The van der Waals surface area contributed by atoms with Crippen LogP contribution in [0.15, 0.2) is 53.4 Å². The zero-order valence-corrected chi connectivity index (χ0v) is 18.5. The van der Waals surface area contributed by atoms with E-state index in [0.29, 0.717) is 25.3 Å². The lowest BCUT2D eigenvalue weighted by Gasteiger charge is -2.34. The van der Waals surface area contributed by atoms with E-state index >= 15 is 0 Å². The van der Waals surface area contributed by atoms with Crippen molar-refractivity contribution in [1.29, 1.82) is 0 Å². The second kappa shape index (κ2) is 9.14. The van der Waals surface area contributed by atoms with E-state index in [0.717, 1.165) is 39.4 Å². The van der Waals surface area contributed by atoms with Crippen LogP contribution in [-0.4, -0.2) is 59.7 Å². The molecular weight excluding hydrogens is 457 g/mol. The van der Waals surface area contributed by atoms with Crippen LogP contribution in [0.1, 0.15) is 24.2 Å². The molecule has 1 aromatic heterocycles. The number of nitrogens with one attached hydrogen (secondary N) is 1. The molecule has 0 bridgehead atoms. The van der Waals surface area contributed by atoms with Crippen molar-refractivity contribution in [2.45, 2.75) is 30.3 Å². The number of alkyl halides is 3. The van der Waals surface area contributed by atoms with Crippen molar-refractivity contribution in [3.63, 3.8) is 0 Å². The van der Waals surface area contributed by atoms with E-state index in [1.54, 1.807) is 4.90 Å². The number of sulfonamides is 1. The summed E-state index contributed by atoms with van der Waals surface area (Å²) in [5.41, 5.74) is 0.802. The Morgan fingerprint density at radius 1 is 1.03 bits per heavy atom. The van der Waals surface area contributed by atoms with Gasteiger partial charge in [0.05, 0.1) is 21.5 Å². The van der Waals surface area contributed by atoms with Gasteiger partial charge in [-0.2, -0.15) is 17.5 Å². The van der Waals surface area contributed by atoms with Gasteiger partial charge in [-0.15, -0.1) is 0 Å². The van der Waals surface area contributed by atoms with Gasteiger partial charge in [-0.3, -0.25) is 4.79 Å². The molecule has 2 aromatic carbocycles. The molecule has 1 saturated heterocycles. The largest absolute Gasteiger partial charge is 0.416 e. The molecule has 7 nitrogen and oxygen atoms in total. The van der Waals surface area contributed by atoms with Crippen molar-refractivity contribution in [3.05, 3.63) is 59.9 Å². The summed E-state index contributed by atoms with van der Waals surface area (Å²) in [6, 6.07) is 11.4. The van der Waals surface area contributed by atoms with Crippen molar-refractivity contribution in [2.75, 3.05) is 26.2 Å². The van der Waals surface area contributed by atoms with Gasteiger partial charge in [0.25, 0.3) is 0 Å². The Morgan fingerprint density at radius 2 is 1.76 bits per heavy atom. The molecule has 0 saturated carbocycles. The second-order valence-corrected chi connectivity index (χ2v) is 9.80. The summed E-state index contributed by atoms with van der Waals surface area (Å²) < 4.78 is 65.5. The number of piperazine rings is 1. The van der Waals surface area contributed by atoms with E-state index in [2.05, 4.69) is 9.97 Å². The molecule has 0 unspecified atom stereocenters. The zero-order valence-electron chi connectivity index (χ0n) is 17.7. The highest BCUT2D eigenvalue weighted by Gasteiger charge is 2.34. The molecule has 0 aliphatic carbocycles. The maximum absolute atomic E-state index is 12.9. The number of nitrogens with zero attached hydrogens (tertiary/aromatic N) is 3. The van der Waals surface area contributed by atoms with Gasteiger partial charge < -0.3 is 9.88 Å². The minimum absolute atomic E-state index is 0.0356. The first-order chi connectivity index (χ1) is 15.6. The van der Waals surface area contributed by atoms with Gasteiger partial charge in [-0.25, -0.2) is 13.4 Å². The van der Waals surface area contributed by atoms with Crippen LogP contribution in [0.5, 0.6) is 0 Å². The summed E-state index contributed by atoms with van der Waals surface area (Å²) in [5, 5.41) is 0. The van der Waals surface area contributed by atoms with Crippen LogP contribution in [0.4, 0.5) is 13.2 Å². The van der Waals surface area contributed by atoms with Gasteiger partial charge in [0.2, 0.25) is 15.9 Å². The van der Waals surface area contributed by atoms with Crippen molar-refractivity contribution < 1.29 is 26.4 Å². The molecule has 0 radical (unpaired) electrons. The van der Waals surface area contributed by atoms with Gasteiger partial charge in [0, 0.05) is 39.0 Å². The van der Waals surface area contributed by atoms with Crippen molar-refractivity contribution in [2.24, 2.45) is 0 Å². The first-order valence-corrected chi connectivity index (χ1v) is 12.0. The molecular formula is C22H23F3N4O3S. The van der Waals surface area contributed by atoms with Crippen LogP contribution < -0.4 is 0 Å². The third-order valence-electron chi connectivity index (χ3n) is 5.63. The van der Waals surface area contributed by atoms with Crippen LogP contribution in [0.25, 0.3) is 11.0 Å². The number of imidazole rings is 1. The van der Waals surface area contributed by atoms with Crippen LogP contribution in [0, 0.1) is 0 Å². The predicted molar refractivity (Wildman–Crippen MR) is 116 cm³/mol. The number of aryl methyl sites for hydroxylation is 1. The fourth-order valence-electron chi connectivity index (χ4n) is 3.85. The predicted octanol–water partition coefficient (Wildman–Crippen LogP) is 3.44. The summed E-state index contributed by atoms with van der Waals surface area (Å²) in [5.74, 6) is 0.725. The molecule has 3 aromatic rings. The van der Waals surface area contributed by atoms with Gasteiger partial charge in [0.1, 0.15) is 5.82 Å². The smallest absolute Gasteiger partial charge is 0.342 e. The van der Waals surface area contributed by atoms with Crippen molar-refractivity contribution in [3.8, 4) is 0 Å². The third-order valence-corrected chi connectivity index (χ3v) is 7.53. The Balaban J connectivity index is 1.30. The SMILES string of the molecule is O=C(CCCc1nc2ccccc2[nH]1)N1CCN(S(=O)(=O)c2cccc(C(F)(F)F)c2)CC1. The number of hydrogen-bond donors (Lipinski definition) is 1. The summed E-state index contributed by atoms with van der Waals surface area (Å²) in [7, 11) is -4.08. The minimum Gasteiger partial charge on any atom is -0.342 e. The molecule has 176 valence electrons. The van der Waals surface area contributed by atoms with Gasteiger partial charge in [-0.1, -0.05) is 18.2 Å². The Hall–Kier alpha value is -2.92. The second-order valence-electron chi connectivity index (χ2n) is 7.86. The number of fused-ring (bicyclic) bond motifs is 1. The Bertz CT molecular complexity index is 1220. The van der Waals surface area contributed by atoms with Gasteiger partial charge >= 0.3 is 6.18 Å². The topological polar surface area (TPSA) is 86.4 Å². The fraction of sp³-hybridized carbons (Fsp3) is 0.364. The number of aromatic amines is 1. The molecule has 4 rings (SSSR count). The van der Waals surface area contributed by atoms with Crippen LogP contribution in [-0.2, 0) is 27.4 Å². The highest BCUT2D eigenvalue weighted by Crippen LogP contribution is 2.31. The Kier molecular flexibility index (Phi) is 6.44. The number of hydrogen-bond acceptors (Lipinski definition) is 4. The summed E-state index contributed by atoms with van der Waals surface area (Å²) in [6.45, 7) is 0.463. The number of H-pyrrole nitrogens is 1. The molecule has 1 N–H and O–H groups in total. The Morgan fingerprint density at radius 3 is 2.45 bits per heavy atom. The molecule has 1 fully saturated rings. The molecule has 0 spiro atoms. The number of carbonyl (C=O) groups excluding carboxylic acids is 1. The van der Waals surface area contributed by atoms with Crippen LogP contribution >= 0.6 is 0 Å². The van der Waals surface area contributed by atoms with E-state index in [-0.39, 0.29) is 32.1 Å². The molecule has 1 aliphatic heterocycles. The standard InChI is InChI=1S/C22H23F3N4O3S/c23-22(24,25)16-5-3-6-17(15-16)33(31,32)29-13-11-28(12-14-29)21(30)10-4-9-20-26-18-7-1-2-8-19(18)27-20/h1-3,5-8,15H,4,9-14H2,(H,26,27). The fourth-order valence-corrected chi connectivity index (χ4v) is 5.32. The maximum Gasteiger partial charge on any atom is 0.416 e. The average Bonchev–Trinajstić information content (AvgIpc) is 3.21. The normalized spacial score (nSPS) is 15.8. The lowest BCUT2D eigenvalue weighted by atomic mass is 10.2. The van der Waals surface area contributed by atoms with E-state index in [9.17, 15) is 26.4 Å². The van der Waals surface area contributed by atoms with E-state index in [1.165, 1.54) is 0 Å². The molecule has 1 amide bonds. The molecule has 0 atom stereocenters. The van der Waals surface area contributed by atoms with E-state index < -0.39 is 26.7 Å². The van der Waals surface area contributed by atoms with Gasteiger partial charge in [0.15, 0.2) is 0 Å². The quantitative estimate of drug-likeness (QED) is 0.586. The number of para-hydroxylation sites is 2. The first-order valence-electron chi connectivity index (χ1n) is 10.5. The van der Waals surface area contributed by atoms with Gasteiger partial charge in [-0.05, 0) is 36.8 Å². The summed E-state index contributed by atoms with van der Waals surface area (Å²) in [6.07, 6.45) is -3.11. The summed E-state index contributed by atoms with van der Waals surface area (Å²) >= 11 is 0.